The molecule has 15 nitrogen and oxygen atoms in total. The van der Waals surface area contributed by atoms with Crippen LogP contribution in [-0.4, -0.2) is 74.7 Å². The highest BCUT2D eigenvalue weighted by atomic mass is 16.4. The van der Waals surface area contributed by atoms with E-state index in [1.54, 1.807) is 13.8 Å². The average molecular weight is 525 g/mol. The molecule has 15 heteroatoms. The van der Waals surface area contributed by atoms with Gasteiger partial charge in [-0.3, -0.25) is 24.0 Å². The molecule has 0 saturated heterocycles. The molecule has 1 rings (SSSR count). The van der Waals surface area contributed by atoms with Gasteiger partial charge >= 0.3 is 5.97 Å². The lowest BCUT2D eigenvalue weighted by molar-refractivity contribution is -0.144. The number of imidazole rings is 1. The van der Waals surface area contributed by atoms with E-state index < -0.39 is 65.6 Å². The molecule has 0 radical (unpaired) electrons. The van der Waals surface area contributed by atoms with E-state index in [1.807, 2.05) is 0 Å². The number of carboxylic acids is 1. The van der Waals surface area contributed by atoms with Gasteiger partial charge in [-0.05, 0) is 18.8 Å². The number of carbonyl (C=O) groups excluding carboxylic acids is 5. The Bertz CT molecular complexity index is 953. The van der Waals surface area contributed by atoms with Crippen molar-refractivity contribution in [3.63, 3.8) is 0 Å². The largest absolute Gasteiger partial charge is 0.480 e. The maximum Gasteiger partial charge on any atom is 0.326 e. The van der Waals surface area contributed by atoms with E-state index >= 15 is 0 Å². The number of rotatable bonds is 17. The Morgan fingerprint density at radius 1 is 0.946 bits per heavy atom. The lowest BCUT2D eigenvalue weighted by Crippen LogP contribution is -2.58. The van der Waals surface area contributed by atoms with Crippen molar-refractivity contribution in [1.82, 2.24) is 25.9 Å². The van der Waals surface area contributed by atoms with Gasteiger partial charge in [-0.2, -0.15) is 0 Å². The van der Waals surface area contributed by atoms with Crippen LogP contribution in [-0.2, 0) is 35.2 Å². The van der Waals surface area contributed by atoms with Gasteiger partial charge in [0.25, 0.3) is 0 Å². The average Bonchev–Trinajstić information content (AvgIpc) is 3.34. The molecule has 0 saturated carbocycles. The summed E-state index contributed by atoms with van der Waals surface area (Å²) in [6, 6.07) is -4.96. The first-order valence-electron chi connectivity index (χ1n) is 11.8. The second kappa shape index (κ2) is 15.2. The maximum absolute atomic E-state index is 13.1. The Labute approximate surface area is 213 Å². The predicted octanol–water partition coefficient (Wildman–Crippen LogP) is -2.60. The van der Waals surface area contributed by atoms with E-state index in [0.717, 1.165) is 0 Å². The van der Waals surface area contributed by atoms with Gasteiger partial charge in [0.05, 0.1) is 12.4 Å². The van der Waals surface area contributed by atoms with Crippen molar-refractivity contribution in [3.8, 4) is 0 Å². The van der Waals surface area contributed by atoms with E-state index in [1.165, 1.54) is 12.5 Å². The number of H-pyrrole nitrogens is 1. The van der Waals surface area contributed by atoms with Crippen molar-refractivity contribution in [3.05, 3.63) is 18.2 Å². The first-order valence-corrected chi connectivity index (χ1v) is 11.8. The molecule has 0 aliphatic carbocycles. The highest BCUT2D eigenvalue weighted by Crippen LogP contribution is 2.10. The molecule has 0 aromatic carbocycles. The Morgan fingerprint density at radius 2 is 1.46 bits per heavy atom. The Balaban J connectivity index is 3.03. The number of amides is 5. The van der Waals surface area contributed by atoms with Gasteiger partial charge in [-0.15, -0.1) is 0 Å². The summed E-state index contributed by atoms with van der Waals surface area (Å²) in [7, 11) is 0. The third-order valence-electron chi connectivity index (χ3n) is 5.73. The number of nitrogens with two attached hydrogens (primary N) is 3. The fourth-order valence-electron chi connectivity index (χ4n) is 3.32. The first-order chi connectivity index (χ1) is 17.3. The molecule has 0 aliphatic heterocycles. The zero-order valence-corrected chi connectivity index (χ0v) is 20.9. The minimum atomic E-state index is -1.35. The fourth-order valence-corrected chi connectivity index (χ4v) is 3.32. The summed E-state index contributed by atoms with van der Waals surface area (Å²) >= 11 is 0. The van der Waals surface area contributed by atoms with E-state index in [9.17, 15) is 33.9 Å². The fraction of sp³-hybridized carbons (Fsp3) is 0.591. The SMILES string of the molecule is CCC(C)C(NC(=O)C(CCC(N)=O)NC(=O)C(CCC(N)=O)NC(=O)C(N)Cc1cnc[nH]1)C(=O)O. The van der Waals surface area contributed by atoms with Gasteiger partial charge in [0.1, 0.15) is 18.1 Å². The van der Waals surface area contributed by atoms with E-state index in [4.69, 9.17) is 17.2 Å². The number of aliphatic carboxylic acids is 1. The third kappa shape index (κ3) is 11.1. The molecule has 11 N–H and O–H groups in total. The Kier molecular flexibility index (Phi) is 12.7. The topological polar surface area (TPSA) is 265 Å². The van der Waals surface area contributed by atoms with Crippen LogP contribution in [0.2, 0.25) is 0 Å². The van der Waals surface area contributed by atoms with Crippen LogP contribution in [0.5, 0.6) is 0 Å². The van der Waals surface area contributed by atoms with Gasteiger partial charge in [0.15, 0.2) is 0 Å². The lowest BCUT2D eigenvalue weighted by atomic mass is 9.98. The van der Waals surface area contributed by atoms with Crippen molar-refractivity contribution in [2.24, 2.45) is 23.1 Å². The van der Waals surface area contributed by atoms with Gasteiger partial charge in [0.2, 0.25) is 29.5 Å². The van der Waals surface area contributed by atoms with Crippen molar-refractivity contribution >= 4 is 35.5 Å². The number of primary amides is 2. The van der Waals surface area contributed by atoms with Crippen LogP contribution in [0.1, 0.15) is 51.6 Å². The highest BCUT2D eigenvalue weighted by Gasteiger charge is 2.32. The molecule has 0 spiro atoms. The van der Waals surface area contributed by atoms with Gasteiger partial charge in [-0.25, -0.2) is 9.78 Å². The molecule has 0 aliphatic rings. The van der Waals surface area contributed by atoms with Crippen molar-refractivity contribution in [1.29, 1.82) is 0 Å². The van der Waals surface area contributed by atoms with Gasteiger partial charge in [0, 0.05) is 31.2 Å². The highest BCUT2D eigenvalue weighted by molar-refractivity contribution is 5.94. The van der Waals surface area contributed by atoms with Crippen LogP contribution >= 0.6 is 0 Å². The molecule has 0 fully saturated rings. The van der Waals surface area contributed by atoms with Crippen molar-refractivity contribution in [2.75, 3.05) is 0 Å². The van der Waals surface area contributed by atoms with Crippen LogP contribution in [0.3, 0.4) is 0 Å². The molecule has 37 heavy (non-hydrogen) atoms. The number of carboxylic acid groups (broad SMARTS) is 1. The van der Waals surface area contributed by atoms with Crippen LogP contribution in [0.25, 0.3) is 0 Å². The number of aromatic nitrogens is 2. The van der Waals surface area contributed by atoms with E-state index in [0.29, 0.717) is 12.1 Å². The molecule has 5 atom stereocenters. The number of nitrogens with one attached hydrogen (secondary N) is 4. The summed E-state index contributed by atoms with van der Waals surface area (Å²) in [4.78, 5) is 79.4. The lowest BCUT2D eigenvalue weighted by Gasteiger charge is -2.26. The monoisotopic (exact) mass is 524 g/mol. The second-order valence-corrected chi connectivity index (χ2v) is 8.73. The number of hydrogen-bond acceptors (Lipinski definition) is 8. The number of nitrogens with zero attached hydrogens (tertiary/aromatic N) is 1. The molecule has 1 aromatic rings. The summed E-state index contributed by atoms with van der Waals surface area (Å²) in [5, 5.41) is 16.7. The summed E-state index contributed by atoms with van der Waals surface area (Å²) in [6.45, 7) is 3.39. The molecule has 206 valence electrons. The minimum Gasteiger partial charge on any atom is -0.480 e. The Morgan fingerprint density at radius 3 is 1.89 bits per heavy atom. The number of aromatic amines is 1. The predicted molar refractivity (Wildman–Crippen MR) is 130 cm³/mol. The second-order valence-electron chi connectivity index (χ2n) is 8.73. The molecule has 1 heterocycles. The summed E-state index contributed by atoms with van der Waals surface area (Å²) in [6.07, 6.45) is 2.47. The standard InChI is InChI=1S/C22H36N8O7/c1-3-11(2)18(22(36)37)30-21(35)15(5-7-17(25)32)29-20(34)14(4-6-16(24)31)28-19(33)13(23)8-12-9-26-10-27-12/h9-11,13-15,18H,3-8,23H2,1-2H3,(H2,24,31)(H2,25,32)(H,26,27)(H,28,33)(H,29,34)(H,30,35)(H,36,37). The zero-order chi connectivity index (χ0) is 28.1. The van der Waals surface area contributed by atoms with Gasteiger partial charge < -0.3 is 43.2 Å². The van der Waals surface area contributed by atoms with Crippen LogP contribution in [0.15, 0.2) is 12.5 Å². The molecule has 5 unspecified atom stereocenters. The Hall–Kier alpha value is -4.01. The third-order valence-corrected chi connectivity index (χ3v) is 5.73. The summed E-state index contributed by atoms with van der Waals surface area (Å²) in [5.41, 5.74) is 16.9. The molecule has 1 aromatic heterocycles. The normalized spacial score (nSPS) is 14.9. The van der Waals surface area contributed by atoms with Crippen LogP contribution in [0, 0.1) is 5.92 Å². The van der Waals surface area contributed by atoms with Crippen molar-refractivity contribution < 1.29 is 33.9 Å². The maximum atomic E-state index is 13.1. The van der Waals surface area contributed by atoms with Crippen molar-refractivity contribution in [2.45, 2.75) is 76.5 Å². The molecular weight excluding hydrogens is 488 g/mol. The van der Waals surface area contributed by atoms with Gasteiger partial charge in [-0.1, -0.05) is 20.3 Å². The summed E-state index contributed by atoms with van der Waals surface area (Å²) < 4.78 is 0. The minimum absolute atomic E-state index is 0.0891. The van der Waals surface area contributed by atoms with E-state index in [2.05, 4.69) is 25.9 Å². The molecule has 0 bridgehead atoms. The number of hydrogen-bond donors (Lipinski definition) is 8. The zero-order valence-electron chi connectivity index (χ0n) is 20.9. The quantitative estimate of drug-likeness (QED) is 0.106. The van der Waals surface area contributed by atoms with E-state index in [-0.39, 0.29) is 32.1 Å². The number of carbonyl (C=O) groups is 6. The molecule has 5 amide bonds. The smallest absolute Gasteiger partial charge is 0.326 e. The van der Waals surface area contributed by atoms with Crippen LogP contribution in [0.4, 0.5) is 0 Å². The summed E-state index contributed by atoms with van der Waals surface area (Å²) in [5.74, 6) is -5.57. The molecular formula is C22H36N8O7. The van der Waals surface area contributed by atoms with Crippen LogP contribution < -0.4 is 33.2 Å². The first kappa shape index (κ1) is 31.0.